The molecule has 1 aliphatic carbocycles. The molecule has 0 spiro atoms. The van der Waals surface area contributed by atoms with Gasteiger partial charge in [-0.3, -0.25) is 0 Å². The predicted octanol–water partition coefficient (Wildman–Crippen LogP) is 3.36. The lowest BCUT2D eigenvalue weighted by atomic mass is 10.00. The van der Waals surface area contributed by atoms with E-state index in [0.717, 1.165) is 12.3 Å². The molecule has 0 aromatic carbocycles. The van der Waals surface area contributed by atoms with Crippen molar-refractivity contribution in [3.05, 3.63) is 12.2 Å². The first-order valence-electron chi connectivity index (χ1n) is 3.98. The van der Waals surface area contributed by atoms with Crippen LogP contribution in [0.2, 0.25) is 0 Å². The van der Waals surface area contributed by atoms with Crippen molar-refractivity contribution in [1.29, 1.82) is 0 Å². The summed E-state index contributed by atoms with van der Waals surface area (Å²) in [6, 6.07) is 0. The van der Waals surface area contributed by atoms with E-state index in [1.165, 1.54) is 24.8 Å². The minimum atomic E-state index is 0.427. The molecular formula is C9H15Cl. The third-order valence-electron chi connectivity index (χ3n) is 2.18. The van der Waals surface area contributed by atoms with Gasteiger partial charge < -0.3 is 0 Å². The van der Waals surface area contributed by atoms with Crippen LogP contribution in [0.3, 0.4) is 0 Å². The summed E-state index contributed by atoms with van der Waals surface area (Å²) in [4.78, 5) is 0. The molecule has 0 bridgehead atoms. The van der Waals surface area contributed by atoms with Gasteiger partial charge in [0.2, 0.25) is 0 Å². The average Bonchev–Trinajstić information content (AvgIpc) is 2.15. The fourth-order valence-electron chi connectivity index (χ4n) is 1.67. The molecule has 0 amide bonds. The zero-order valence-electron chi connectivity index (χ0n) is 6.57. The van der Waals surface area contributed by atoms with Crippen LogP contribution in [0, 0.1) is 5.92 Å². The van der Waals surface area contributed by atoms with Gasteiger partial charge in [-0.05, 0) is 32.1 Å². The summed E-state index contributed by atoms with van der Waals surface area (Å²) in [7, 11) is 0. The zero-order chi connectivity index (χ0) is 7.56. The van der Waals surface area contributed by atoms with Gasteiger partial charge in [-0.2, -0.15) is 0 Å². The first-order valence-corrected chi connectivity index (χ1v) is 4.42. The molecular weight excluding hydrogens is 144 g/mol. The van der Waals surface area contributed by atoms with Gasteiger partial charge in [0.1, 0.15) is 0 Å². The highest BCUT2D eigenvalue weighted by Gasteiger charge is 2.24. The van der Waals surface area contributed by atoms with Gasteiger partial charge in [-0.1, -0.05) is 12.0 Å². The number of halogens is 1. The maximum Gasteiger partial charge on any atom is 0.0367 e. The zero-order valence-corrected chi connectivity index (χ0v) is 7.32. The van der Waals surface area contributed by atoms with Crippen LogP contribution in [0.25, 0.3) is 0 Å². The van der Waals surface area contributed by atoms with E-state index in [4.69, 9.17) is 11.6 Å². The Labute approximate surface area is 68.3 Å². The standard InChI is InChI=1S/C9H15Cl/c1-7(2)6-8-4-3-5-9(8)10/h8-9H,1,3-6H2,2H3. The largest absolute Gasteiger partial charge is 0.123 e. The predicted molar refractivity (Wildman–Crippen MR) is 46.4 cm³/mol. The Kier molecular flexibility index (Phi) is 2.79. The molecule has 2 atom stereocenters. The Morgan fingerprint density at radius 1 is 1.60 bits per heavy atom. The Morgan fingerprint density at radius 3 is 2.70 bits per heavy atom. The van der Waals surface area contributed by atoms with E-state index in [1.807, 2.05) is 0 Å². The van der Waals surface area contributed by atoms with Gasteiger partial charge in [0, 0.05) is 5.38 Å². The highest BCUT2D eigenvalue weighted by Crippen LogP contribution is 2.33. The molecule has 1 aliphatic rings. The maximum absolute atomic E-state index is 6.08. The van der Waals surface area contributed by atoms with E-state index in [0.29, 0.717) is 5.38 Å². The highest BCUT2D eigenvalue weighted by molar-refractivity contribution is 6.20. The molecule has 58 valence electrons. The quantitative estimate of drug-likeness (QED) is 0.427. The van der Waals surface area contributed by atoms with Crippen LogP contribution in [-0.4, -0.2) is 5.38 Å². The van der Waals surface area contributed by atoms with Gasteiger partial charge in [-0.15, -0.1) is 18.2 Å². The lowest BCUT2D eigenvalue weighted by Crippen LogP contribution is -2.06. The monoisotopic (exact) mass is 158 g/mol. The van der Waals surface area contributed by atoms with Crippen molar-refractivity contribution in [2.45, 2.75) is 38.0 Å². The molecule has 0 aromatic heterocycles. The number of alkyl halides is 1. The first kappa shape index (κ1) is 8.13. The SMILES string of the molecule is C=C(C)CC1CCCC1Cl. The number of hydrogen-bond acceptors (Lipinski definition) is 0. The third kappa shape index (κ3) is 2.02. The Balaban J connectivity index is 2.33. The summed E-state index contributed by atoms with van der Waals surface area (Å²) >= 11 is 6.08. The van der Waals surface area contributed by atoms with Crippen molar-refractivity contribution in [3.63, 3.8) is 0 Å². The Hall–Kier alpha value is 0.0300. The fraction of sp³-hybridized carbons (Fsp3) is 0.778. The molecule has 0 radical (unpaired) electrons. The van der Waals surface area contributed by atoms with Crippen LogP contribution in [0.4, 0.5) is 0 Å². The second-order valence-electron chi connectivity index (χ2n) is 3.37. The smallest absolute Gasteiger partial charge is 0.0367 e. The van der Waals surface area contributed by atoms with Crippen LogP contribution >= 0.6 is 11.6 Å². The maximum atomic E-state index is 6.08. The fourth-order valence-corrected chi connectivity index (χ4v) is 2.04. The van der Waals surface area contributed by atoms with Crippen LogP contribution in [0.5, 0.6) is 0 Å². The van der Waals surface area contributed by atoms with E-state index >= 15 is 0 Å². The Bertz CT molecular complexity index is 129. The second kappa shape index (κ2) is 3.43. The van der Waals surface area contributed by atoms with Crippen molar-refractivity contribution in [1.82, 2.24) is 0 Å². The number of allylic oxidation sites excluding steroid dienone is 1. The van der Waals surface area contributed by atoms with Crippen molar-refractivity contribution in [3.8, 4) is 0 Å². The Morgan fingerprint density at radius 2 is 2.30 bits per heavy atom. The average molecular weight is 159 g/mol. The lowest BCUT2D eigenvalue weighted by molar-refractivity contribution is 0.550. The molecule has 0 saturated heterocycles. The van der Waals surface area contributed by atoms with Crippen LogP contribution in [0.1, 0.15) is 32.6 Å². The van der Waals surface area contributed by atoms with Gasteiger partial charge in [0.15, 0.2) is 0 Å². The molecule has 0 aliphatic heterocycles. The summed E-state index contributed by atoms with van der Waals surface area (Å²) in [6.07, 6.45) is 4.96. The molecule has 10 heavy (non-hydrogen) atoms. The molecule has 1 saturated carbocycles. The third-order valence-corrected chi connectivity index (χ3v) is 2.75. The summed E-state index contributed by atoms with van der Waals surface area (Å²) in [5, 5.41) is 0.427. The molecule has 1 heteroatoms. The molecule has 0 N–H and O–H groups in total. The van der Waals surface area contributed by atoms with Crippen molar-refractivity contribution in [2.75, 3.05) is 0 Å². The van der Waals surface area contributed by atoms with E-state index in [2.05, 4.69) is 13.5 Å². The molecule has 2 unspecified atom stereocenters. The van der Waals surface area contributed by atoms with Gasteiger partial charge in [0.25, 0.3) is 0 Å². The normalized spacial score (nSPS) is 32.6. The molecule has 0 aromatic rings. The molecule has 1 fully saturated rings. The summed E-state index contributed by atoms with van der Waals surface area (Å²) < 4.78 is 0. The van der Waals surface area contributed by atoms with Gasteiger partial charge >= 0.3 is 0 Å². The van der Waals surface area contributed by atoms with E-state index in [1.54, 1.807) is 0 Å². The van der Waals surface area contributed by atoms with Crippen molar-refractivity contribution in [2.24, 2.45) is 5.92 Å². The number of rotatable bonds is 2. The first-order chi connectivity index (χ1) is 4.70. The van der Waals surface area contributed by atoms with Crippen LogP contribution in [-0.2, 0) is 0 Å². The van der Waals surface area contributed by atoms with Crippen LogP contribution in [0.15, 0.2) is 12.2 Å². The van der Waals surface area contributed by atoms with E-state index < -0.39 is 0 Å². The van der Waals surface area contributed by atoms with Gasteiger partial charge in [-0.25, -0.2) is 0 Å². The number of hydrogen-bond donors (Lipinski definition) is 0. The summed E-state index contributed by atoms with van der Waals surface area (Å²) in [5.74, 6) is 0.721. The summed E-state index contributed by atoms with van der Waals surface area (Å²) in [5.41, 5.74) is 1.28. The molecule has 1 rings (SSSR count). The lowest BCUT2D eigenvalue weighted by Gasteiger charge is -2.12. The van der Waals surface area contributed by atoms with Crippen LogP contribution < -0.4 is 0 Å². The minimum absolute atomic E-state index is 0.427. The van der Waals surface area contributed by atoms with E-state index in [-0.39, 0.29) is 0 Å². The van der Waals surface area contributed by atoms with Crippen molar-refractivity contribution >= 4 is 11.6 Å². The summed E-state index contributed by atoms with van der Waals surface area (Å²) in [6.45, 7) is 5.98. The molecule has 0 heterocycles. The van der Waals surface area contributed by atoms with Gasteiger partial charge in [0.05, 0.1) is 0 Å². The van der Waals surface area contributed by atoms with E-state index in [9.17, 15) is 0 Å². The van der Waals surface area contributed by atoms with Crippen molar-refractivity contribution < 1.29 is 0 Å². The highest BCUT2D eigenvalue weighted by atomic mass is 35.5. The molecule has 0 nitrogen and oxygen atoms in total. The second-order valence-corrected chi connectivity index (χ2v) is 3.93. The topological polar surface area (TPSA) is 0 Å². The minimum Gasteiger partial charge on any atom is -0.123 e.